The van der Waals surface area contributed by atoms with E-state index in [0.717, 1.165) is 25.1 Å². The molecule has 5 nitrogen and oxygen atoms in total. The van der Waals surface area contributed by atoms with Crippen molar-refractivity contribution in [2.75, 3.05) is 25.0 Å². The van der Waals surface area contributed by atoms with E-state index in [2.05, 4.69) is 54.0 Å². The van der Waals surface area contributed by atoms with Crippen molar-refractivity contribution in [3.8, 4) is 0 Å². The van der Waals surface area contributed by atoms with Gasteiger partial charge in [-0.25, -0.2) is 4.79 Å². The summed E-state index contributed by atoms with van der Waals surface area (Å²) in [7, 11) is 0. The van der Waals surface area contributed by atoms with Crippen molar-refractivity contribution in [1.82, 2.24) is 5.32 Å². The maximum Gasteiger partial charge on any atom is 0.330 e. The quantitative estimate of drug-likeness (QED) is 0.354. The fraction of sp³-hybridized carbons (Fsp3) is 0.348. The molecule has 1 aliphatic rings. The lowest BCUT2D eigenvalue weighted by Crippen LogP contribution is -2.22. The highest BCUT2D eigenvalue weighted by Gasteiger charge is 2.27. The average Bonchev–Trinajstić information content (AvgIpc) is 3.04. The van der Waals surface area contributed by atoms with Gasteiger partial charge in [0, 0.05) is 36.8 Å². The number of carbonyl (C=O) groups excluding carboxylic acids is 1. The van der Waals surface area contributed by atoms with Crippen molar-refractivity contribution in [2.45, 2.75) is 31.8 Å². The summed E-state index contributed by atoms with van der Waals surface area (Å²) in [6.07, 6.45) is 4.29. The Bertz CT molecular complexity index is 802. The van der Waals surface area contributed by atoms with Crippen LogP contribution in [0.3, 0.4) is 0 Å². The van der Waals surface area contributed by atoms with Gasteiger partial charge >= 0.3 is 5.97 Å². The molecule has 0 fully saturated rings. The van der Waals surface area contributed by atoms with Gasteiger partial charge in [-0.15, -0.1) is 0 Å². The SMILES string of the molecule is CC1Nc2ccccc2C1CCNCc1ccc(/C=C/C(=O)OCCN)cc1. The first kappa shape index (κ1) is 20.1. The highest BCUT2D eigenvalue weighted by atomic mass is 16.5. The van der Waals surface area contributed by atoms with E-state index < -0.39 is 0 Å². The number of fused-ring (bicyclic) bond motifs is 1. The van der Waals surface area contributed by atoms with E-state index in [1.54, 1.807) is 6.08 Å². The molecular formula is C23H29N3O2. The van der Waals surface area contributed by atoms with Gasteiger partial charge in [-0.2, -0.15) is 0 Å². The van der Waals surface area contributed by atoms with Gasteiger partial charge < -0.3 is 21.1 Å². The number of esters is 1. The molecule has 5 heteroatoms. The van der Waals surface area contributed by atoms with E-state index in [0.29, 0.717) is 18.5 Å². The van der Waals surface area contributed by atoms with Crippen LogP contribution < -0.4 is 16.4 Å². The average molecular weight is 380 g/mol. The standard InChI is InChI=1S/C23H29N3O2/c1-17-20(21-4-2-3-5-22(21)26-17)12-14-25-16-19-8-6-18(7-9-19)10-11-23(27)28-15-13-24/h2-11,17,20,25-26H,12-16,24H2,1H3/b11-10+. The fourth-order valence-electron chi connectivity index (χ4n) is 3.58. The van der Waals surface area contributed by atoms with Crippen molar-refractivity contribution >= 4 is 17.7 Å². The maximum atomic E-state index is 11.4. The summed E-state index contributed by atoms with van der Waals surface area (Å²) in [5, 5.41) is 7.11. The molecule has 28 heavy (non-hydrogen) atoms. The first-order valence-corrected chi connectivity index (χ1v) is 9.87. The van der Waals surface area contributed by atoms with Gasteiger partial charge in [-0.3, -0.25) is 0 Å². The lowest BCUT2D eigenvalue weighted by molar-refractivity contribution is -0.137. The summed E-state index contributed by atoms with van der Waals surface area (Å²) in [4.78, 5) is 11.4. The Labute approximate surface area is 167 Å². The summed E-state index contributed by atoms with van der Waals surface area (Å²) in [6.45, 7) is 4.64. The summed E-state index contributed by atoms with van der Waals surface area (Å²) in [5.41, 5.74) is 10.2. The number of hydrogen-bond donors (Lipinski definition) is 3. The van der Waals surface area contributed by atoms with Crippen LogP contribution in [0, 0.1) is 0 Å². The zero-order valence-electron chi connectivity index (χ0n) is 16.4. The Balaban J connectivity index is 1.42. The first-order chi connectivity index (χ1) is 13.7. The van der Waals surface area contributed by atoms with Gasteiger partial charge in [0.2, 0.25) is 0 Å². The molecule has 1 heterocycles. The van der Waals surface area contributed by atoms with Gasteiger partial charge in [0.1, 0.15) is 6.61 Å². The first-order valence-electron chi connectivity index (χ1n) is 9.87. The Morgan fingerprint density at radius 1 is 1.21 bits per heavy atom. The number of anilines is 1. The molecule has 148 valence electrons. The Morgan fingerprint density at radius 2 is 2.00 bits per heavy atom. The minimum atomic E-state index is -0.367. The molecular weight excluding hydrogens is 350 g/mol. The van der Waals surface area contributed by atoms with Gasteiger partial charge in [0.15, 0.2) is 0 Å². The van der Waals surface area contributed by atoms with Gasteiger partial charge in [0.05, 0.1) is 0 Å². The van der Waals surface area contributed by atoms with E-state index in [4.69, 9.17) is 10.5 Å². The second-order valence-corrected chi connectivity index (χ2v) is 7.12. The van der Waals surface area contributed by atoms with E-state index >= 15 is 0 Å². The van der Waals surface area contributed by atoms with Gasteiger partial charge in [0.25, 0.3) is 0 Å². The van der Waals surface area contributed by atoms with Crippen molar-refractivity contribution in [1.29, 1.82) is 0 Å². The van der Waals surface area contributed by atoms with Crippen LogP contribution in [0.2, 0.25) is 0 Å². The van der Waals surface area contributed by atoms with Crippen LogP contribution in [0.15, 0.2) is 54.6 Å². The molecule has 2 aromatic rings. The highest BCUT2D eigenvalue weighted by molar-refractivity contribution is 5.87. The number of rotatable bonds is 9. The number of nitrogens with two attached hydrogens (primary N) is 1. The normalized spacial score (nSPS) is 18.1. The second-order valence-electron chi connectivity index (χ2n) is 7.12. The lowest BCUT2D eigenvalue weighted by atomic mass is 9.93. The molecule has 0 radical (unpaired) electrons. The molecule has 0 saturated heterocycles. The maximum absolute atomic E-state index is 11.4. The predicted molar refractivity (Wildman–Crippen MR) is 114 cm³/mol. The van der Waals surface area contributed by atoms with Crippen LogP contribution in [-0.2, 0) is 16.1 Å². The minimum Gasteiger partial charge on any atom is -0.461 e. The third-order valence-corrected chi connectivity index (χ3v) is 5.06. The molecule has 0 aliphatic carbocycles. The highest BCUT2D eigenvalue weighted by Crippen LogP contribution is 2.37. The van der Waals surface area contributed by atoms with Crippen LogP contribution in [0.1, 0.15) is 36.0 Å². The Kier molecular flexibility index (Phi) is 7.23. The number of para-hydroxylation sites is 1. The number of nitrogens with one attached hydrogen (secondary N) is 2. The topological polar surface area (TPSA) is 76.4 Å². The molecule has 2 aromatic carbocycles. The van der Waals surface area contributed by atoms with Gasteiger partial charge in [-0.1, -0.05) is 42.5 Å². The van der Waals surface area contributed by atoms with E-state index in [-0.39, 0.29) is 12.6 Å². The molecule has 1 aliphatic heterocycles. The van der Waals surface area contributed by atoms with Crippen molar-refractivity contribution in [2.24, 2.45) is 5.73 Å². The van der Waals surface area contributed by atoms with Crippen LogP contribution >= 0.6 is 0 Å². The molecule has 0 bridgehead atoms. The number of benzene rings is 2. The smallest absolute Gasteiger partial charge is 0.330 e. The molecule has 0 spiro atoms. The van der Waals surface area contributed by atoms with Crippen LogP contribution in [0.5, 0.6) is 0 Å². The van der Waals surface area contributed by atoms with Crippen molar-refractivity contribution < 1.29 is 9.53 Å². The largest absolute Gasteiger partial charge is 0.461 e. The molecule has 0 amide bonds. The summed E-state index contributed by atoms with van der Waals surface area (Å²) in [6, 6.07) is 17.2. The predicted octanol–water partition coefficient (Wildman–Crippen LogP) is 3.28. The molecule has 2 atom stereocenters. The molecule has 0 saturated carbocycles. The van der Waals surface area contributed by atoms with Crippen LogP contribution in [0.25, 0.3) is 6.08 Å². The zero-order valence-corrected chi connectivity index (χ0v) is 16.4. The van der Waals surface area contributed by atoms with E-state index in [1.807, 2.05) is 12.1 Å². The van der Waals surface area contributed by atoms with Crippen LogP contribution in [-0.4, -0.2) is 31.7 Å². The van der Waals surface area contributed by atoms with Crippen molar-refractivity contribution in [3.63, 3.8) is 0 Å². The number of ether oxygens (including phenoxy) is 1. The molecule has 2 unspecified atom stereocenters. The van der Waals surface area contributed by atoms with E-state index in [1.165, 1.54) is 22.9 Å². The monoisotopic (exact) mass is 379 g/mol. The molecule has 3 rings (SSSR count). The second kappa shape index (κ2) is 10.1. The minimum absolute atomic E-state index is 0.245. The van der Waals surface area contributed by atoms with E-state index in [9.17, 15) is 4.79 Å². The Morgan fingerprint density at radius 3 is 2.79 bits per heavy atom. The fourth-order valence-corrected chi connectivity index (χ4v) is 3.58. The molecule has 0 aromatic heterocycles. The number of carbonyl (C=O) groups is 1. The van der Waals surface area contributed by atoms with Gasteiger partial charge in [-0.05, 0) is 48.7 Å². The summed E-state index contributed by atoms with van der Waals surface area (Å²) >= 11 is 0. The lowest BCUT2D eigenvalue weighted by Gasteiger charge is -2.16. The summed E-state index contributed by atoms with van der Waals surface area (Å²) in [5.74, 6) is 0.184. The summed E-state index contributed by atoms with van der Waals surface area (Å²) < 4.78 is 4.91. The molecule has 4 N–H and O–H groups in total. The van der Waals surface area contributed by atoms with Crippen LogP contribution in [0.4, 0.5) is 5.69 Å². The van der Waals surface area contributed by atoms with Crippen molar-refractivity contribution in [3.05, 3.63) is 71.3 Å². The third kappa shape index (κ3) is 5.44. The number of hydrogen-bond acceptors (Lipinski definition) is 5. The third-order valence-electron chi connectivity index (χ3n) is 5.06. The Hall–Kier alpha value is -2.63. The zero-order chi connectivity index (χ0) is 19.8.